The normalized spacial score (nSPS) is 21.1. The summed E-state index contributed by atoms with van der Waals surface area (Å²) in [7, 11) is 1.98. The van der Waals surface area contributed by atoms with Crippen LogP contribution in [0.2, 0.25) is 0 Å². The zero-order chi connectivity index (χ0) is 12.2. The van der Waals surface area contributed by atoms with Crippen molar-refractivity contribution in [1.82, 2.24) is 10.2 Å². The highest BCUT2D eigenvalue weighted by Crippen LogP contribution is 2.29. The van der Waals surface area contributed by atoms with Crippen LogP contribution >= 0.6 is 0 Å². The van der Waals surface area contributed by atoms with Gasteiger partial charge in [-0.1, -0.05) is 13.8 Å². The van der Waals surface area contributed by atoms with Crippen molar-refractivity contribution in [3.05, 3.63) is 0 Å². The van der Waals surface area contributed by atoms with Gasteiger partial charge in [-0.2, -0.15) is 0 Å². The molecule has 0 radical (unpaired) electrons. The van der Waals surface area contributed by atoms with Crippen LogP contribution in [-0.2, 0) is 4.79 Å². The first-order valence-corrected chi connectivity index (χ1v) is 6.05. The standard InChI is InChI=1S/C12H23FN2O/c1-10(2)9-14-11(16)8-12(13)4-6-15(3)7-5-12/h10H,4-9H2,1-3H3,(H,14,16). The summed E-state index contributed by atoms with van der Waals surface area (Å²) in [4.78, 5) is 13.6. The van der Waals surface area contributed by atoms with Crippen molar-refractivity contribution in [1.29, 1.82) is 0 Å². The fourth-order valence-electron chi connectivity index (χ4n) is 1.86. The number of halogens is 1. The van der Waals surface area contributed by atoms with Crippen LogP contribution in [-0.4, -0.2) is 43.2 Å². The Balaban J connectivity index is 2.32. The lowest BCUT2D eigenvalue weighted by Crippen LogP contribution is -2.43. The molecule has 1 N–H and O–H groups in total. The molecule has 94 valence electrons. The van der Waals surface area contributed by atoms with Gasteiger partial charge in [0.05, 0.1) is 6.42 Å². The Morgan fingerprint density at radius 1 is 1.44 bits per heavy atom. The second-order valence-corrected chi connectivity index (χ2v) is 5.33. The molecule has 0 unspecified atom stereocenters. The van der Waals surface area contributed by atoms with E-state index in [-0.39, 0.29) is 12.3 Å². The highest BCUT2D eigenvalue weighted by Gasteiger charge is 2.35. The maximum atomic E-state index is 14.2. The van der Waals surface area contributed by atoms with Crippen LogP contribution < -0.4 is 5.32 Å². The number of amides is 1. The summed E-state index contributed by atoms with van der Waals surface area (Å²) in [6.07, 6.45) is 0.963. The van der Waals surface area contributed by atoms with Crippen molar-refractivity contribution in [2.45, 2.75) is 38.8 Å². The molecular formula is C12H23FN2O. The molecule has 1 fully saturated rings. The van der Waals surface area contributed by atoms with Gasteiger partial charge in [-0.05, 0) is 25.8 Å². The average Bonchev–Trinajstić information content (AvgIpc) is 2.20. The van der Waals surface area contributed by atoms with Crippen LogP contribution in [0.4, 0.5) is 4.39 Å². The van der Waals surface area contributed by atoms with Crippen molar-refractivity contribution in [2.75, 3.05) is 26.7 Å². The van der Waals surface area contributed by atoms with E-state index in [4.69, 9.17) is 0 Å². The minimum Gasteiger partial charge on any atom is -0.356 e. The largest absolute Gasteiger partial charge is 0.356 e. The van der Waals surface area contributed by atoms with Crippen molar-refractivity contribution < 1.29 is 9.18 Å². The number of carbonyl (C=O) groups excluding carboxylic acids is 1. The second kappa shape index (κ2) is 5.62. The molecule has 1 rings (SSSR count). The van der Waals surface area contributed by atoms with E-state index in [0.717, 1.165) is 13.1 Å². The Labute approximate surface area is 97.4 Å². The van der Waals surface area contributed by atoms with Gasteiger partial charge in [0.1, 0.15) is 5.67 Å². The van der Waals surface area contributed by atoms with Crippen molar-refractivity contribution in [2.24, 2.45) is 5.92 Å². The lowest BCUT2D eigenvalue weighted by Gasteiger charge is -2.34. The summed E-state index contributed by atoms with van der Waals surface area (Å²) >= 11 is 0. The minimum atomic E-state index is -1.28. The number of nitrogens with one attached hydrogen (secondary N) is 1. The maximum Gasteiger partial charge on any atom is 0.223 e. The number of alkyl halides is 1. The van der Waals surface area contributed by atoms with Crippen molar-refractivity contribution >= 4 is 5.91 Å². The van der Waals surface area contributed by atoms with Crippen molar-refractivity contribution in [3.8, 4) is 0 Å². The topological polar surface area (TPSA) is 32.3 Å². The second-order valence-electron chi connectivity index (χ2n) is 5.33. The first-order chi connectivity index (χ1) is 7.41. The van der Waals surface area contributed by atoms with E-state index in [9.17, 15) is 9.18 Å². The van der Waals surface area contributed by atoms with E-state index < -0.39 is 5.67 Å². The molecule has 1 saturated heterocycles. The van der Waals surface area contributed by atoms with Gasteiger partial charge < -0.3 is 10.2 Å². The number of likely N-dealkylation sites (tertiary alicyclic amines) is 1. The highest BCUT2D eigenvalue weighted by molar-refractivity contribution is 5.77. The molecule has 1 amide bonds. The zero-order valence-electron chi connectivity index (χ0n) is 10.6. The van der Waals surface area contributed by atoms with Crippen molar-refractivity contribution in [3.63, 3.8) is 0 Å². The molecule has 0 aromatic heterocycles. The van der Waals surface area contributed by atoms with Crippen LogP contribution in [0.15, 0.2) is 0 Å². The van der Waals surface area contributed by atoms with Gasteiger partial charge in [0, 0.05) is 19.6 Å². The predicted molar refractivity (Wildman–Crippen MR) is 63.0 cm³/mol. The zero-order valence-corrected chi connectivity index (χ0v) is 10.6. The maximum absolute atomic E-state index is 14.2. The molecule has 3 nitrogen and oxygen atoms in total. The molecule has 0 atom stereocenters. The minimum absolute atomic E-state index is 0.0214. The molecule has 0 aromatic carbocycles. The number of hydrogen-bond acceptors (Lipinski definition) is 2. The molecule has 0 aromatic rings. The summed E-state index contributed by atoms with van der Waals surface area (Å²) < 4.78 is 14.2. The third-order valence-corrected chi connectivity index (χ3v) is 3.07. The van der Waals surface area contributed by atoms with Gasteiger partial charge in [-0.3, -0.25) is 4.79 Å². The van der Waals surface area contributed by atoms with Gasteiger partial charge in [0.25, 0.3) is 0 Å². The fraction of sp³-hybridized carbons (Fsp3) is 0.917. The summed E-state index contributed by atoms with van der Waals surface area (Å²) in [5, 5.41) is 2.77. The molecular weight excluding hydrogens is 207 g/mol. The van der Waals surface area contributed by atoms with E-state index in [1.165, 1.54) is 0 Å². The molecule has 1 aliphatic rings. The number of carbonyl (C=O) groups is 1. The fourth-order valence-corrected chi connectivity index (χ4v) is 1.86. The van der Waals surface area contributed by atoms with Gasteiger partial charge in [0.15, 0.2) is 0 Å². The van der Waals surface area contributed by atoms with E-state index in [1.54, 1.807) is 0 Å². The van der Waals surface area contributed by atoms with E-state index in [2.05, 4.69) is 10.2 Å². The average molecular weight is 230 g/mol. The third kappa shape index (κ3) is 4.47. The monoisotopic (exact) mass is 230 g/mol. The highest BCUT2D eigenvalue weighted by atomic mass is 19.1. The molecule has 0 saturated carbocycles. The Hall–Kier alpha value is -0.640. The summed E-state index contributed by atoms with van der Waals surface area (Å²) in [5.41, 5.74) is -1.28. The molecule has 0 bridgehead atoms. The van der Waals surface area contributed by atoms with Gasteiger partial charge in [-0.15, -0.1) is 0 Å². The Morgan fingerprint density at radius 3 is 2.50 bits per heavy atom. The lowest BCUT2D eigenvalue weighted by molar-refractivity contribution is -0.125. The summed E-state index contributed by atoms with van der Waals surface area (Å²) in [6, 6.07) is 0. The van der Waals surface area contributed by atoms with Gasteiger partial charge >= 0.3 is 0 Å². The molecule has 16 heavy (non-hydrogen) atoms. The number of hydrogen-bond donors (Lipinski definition) is 1. The van der Waals surface area contributed by atoms with Crippen LogP contribution in [0.1, 0.15) is 33.1 Å². The first-order valence-electron chi connectivity index (χ1n) is 6.05. The molecule has 0 aliphatic carbocycles. The lowest BCUT2D eigenvalue weighted by atomic mass is 9.90. The number of nitrogens with zero attached hydrogens (tertiary/aromatic N) is 1. The summed E-state index contributed by atoms with van der Waals surface area (Å²) in [6.45, 7) is 6.18. The Bertz CT molecular complexity index is 235. The van der Waals surface area contributed by atoms with E-state index in [0.29, 0.717) is 25.3 Å². The van der Waals surface area contributed by atoms with E-state index >= 15 is 0 Å². The Morgan fingerprint density at radius 2 is 2.00 bits per heavy atom. The number of rotatable bonds is 4. The van der Waals surface area contributed by atoms with Crippen LogP contribution in [0.25, 0.3) is 0 Å². The van der Waals surface area contributed by atoms with Gasteiger partial charge in [-0.25, -0.2) is 4.39 Å². The first kappa shape index (κ1) is 13.4. The Kier molecular flexibility index (Phi) is 4.71. The van der Waals surface area contributed by atoms with Crippen LogP contribution in [0.3, 0.4) is 0 Å². The van der Waals surface area contributed by atoms with Gasteiger partial charge in [0.2, 0.25) is 5.91 Å². The SMILES string of the molecule is CC(C)CNC(=O)CC1(F)CCN(C)CC1. The van der Waals surface area contributed by atoms with E-state index in [1.807, 2.05) is 20.9 Å². The molecule has 4 heteroatoms. The van der Waals surface area contributed by atoms with Crippen LogP contribution in [0, 0.1) is 5.92 Å². The molecule has 1 aliphatic heterocycles. The third-order valence-electron chi connectivity index (χ3n) is 3.07. The summed E-state index contributed by atoms with van der Waals surface area (Å²) in [5.74, 6) is 0.262. The number of piperidine rings is 1. The van der Waals surface area contributed by atoms with Crippen LogP contribution in [0.5, 0.6) is 0 Å². The smallest absolute Gasteiger partial charge is 0.223 e. The quantitative estimate of drug-likeness (QED) is 0.795. The molecule has 0 spiro atoms. The predicted octanol–water partition coefficient (Wildman–Crippen LogP) is 1.58. The molecule has 1 heterocycles.